The summed E-state index contributed by atoms with van der Waals surface area (Å²) in [6.45, 7) is 1.98. The third-order valence-corrected chi connectivity index (χ3v) is 5.16. The molecule has 0 radical (unpaired) electrons. The number of hydrogen-bond donors (Lipinski definition) is 1. The largest absolute Gasteiger partial charge is 0.290 e. The van der Waals surface area contributed by atoms with E-state index in [2.05, 4.69) is 10.1 Å². The second-order valence-electron chi connectivity index (χ2n) is 7.01. The predicted octanol–water partition coefficient (Wildman–Crippen LogP) is 5.48. The van der Waals surface area contributed by atoms with Crippen LogP contribution in [-0.4, -0.2) is 15.5 Å². The van der Waals surface area contributed by atoms with Crippen LogP contribution >= 0.6 is 0 Å². The van der Waals surface area contributed by atoms with Crippen molar-refractivity contribution in [3.05, 3.63) is 106 Å². The zero-order valence-corrected chi connectivity index (χ0v) is 16.0. The summed E-state index contributed by atoms with van der Waals surface area (Å²) in [6.07, 6.45) is 1.96. The molecule has 5 rings (SSSR count). The molecule has 0 amide bonds. The number of benzene rings is 3. The van der Waals surface area contributed by atoms with E-state index in [4.69, 9.17) is 0 Å². The van der Waals surface area contributed by atoms with Crippen molar-refractivity contribution in [3.8, 4) is 16.9 Å². The summed E-state index contributed by atoms with van der Waals surface area (Å²) in [5, 5.41) is 3.32. The molecular weight excluding hydrogens is 358 g/mol. The molecule has 0 unspecified atom stereocenters. The topological polar surface area (TPSA) is 50.1 Å². The molecule has 4 heteroatoms. The van der Waals surface area contributed by atoms with Gasteiger partial charge < -0.3 is 0 Å². The molecule has 2 heterocycles. The van der Waals surface area contributed by atoms with E-state index in [-0.39, 0.29) is 5.56 Å². The number of H-pyrrole nitrogens is 1. The Morgan fingerprint density at radius 3 is 2.28 bits per heavy atom. The van der Waals surface area contributed by atoms with Crippen LogP contribution in [0.15, 0.2) is 94.7 Å². The average Bonchev–Trinajstić information content (AvgIpc) is 3.26. The molecule has 4 nitrogen and oxygen atoms in total. The van der Waals surface area contributed by atoms with Crippen molar-refractivity contribution in [2.75, 3.05) is 0 Å². The van der Waals surface area contributed by atoms with E-state index in [0.29, 0.717) is 5.56 Å². The fourth-order valence-electron chi connectivity index (χ4n) is 3.73. The number of allylic oxidation sites excluding steroid dienone is 1. The van der Waals surface area contributed by atoms with Gasteiger partial charge in [0.15, 0.2) is 0 Å². The highest BCUT2D eigenvalue weighted by atomic mass is 16.1. The summed E-state index contributed by atoms with van der Waals surface area (Å²) < 4.78 is 1.60. The van der Waals surface area contributed by atoms with Crippen molar-refractivity contribution in [2.45, 2.75) is 6.92 Å². The number of aromatic nitrogens is 2. The van der Waals surface area contributed by atoms with E-state index in [1.54, 1.807) is 4.68 Å². The lowest BCUT2D eigenvalue weighted by atomic mass is 9.99. The molecule has 0 saturated carbocycles. The molecule has 0 aliphatic carbocycles. The van der Waals surface area contributed by atoms with Gasteiger partial charge in [-0.3, -0.25) is 14.9 Å². The second-order valence-corrected chi connectivity index (χ2v) is 7.01. The van der Waals surface area contributed by atoms with Gasteiger partial charge in [0, 0.05) is 22.4 Å². The molecule has 0 bridgehead atoms. The number of fused-ring (bicyclic) bond motifs is 1. The summed E-state index contributed by atoms with van der Waals surface area (Å²) in [5.74, 6) is 0. The second kappa shape index (κ2) is 6.91. The molecule has 1 aliphatic rings. The Kier molecular flexibility index (Phi) is 4.10. The third-order valence-electron chi connectivity index (χ3n) is 5.16. The number of aliphatic imine (C=N–C) groups is 1. The molecule has 1 aliphatic heterocycles. The van der Waals surface area contributed by atoms with Gasteiger partial charge in [0.25, 0.3) is 5.56 Å². The minimum Gasteiger partial charge on any atom is -0.290 e. The molecule has 1 aromatic heterocycles. The lowest BCUT2D eigenvalue weighted by Gasteiger charge is -2.03. The van der Waals surface area contributed by atoms with Crippen LogP contribution in [0.3, 0.4) is 0 Å². The van der Waals surface area contributed by atoms with E-state index in [9.17, 15) is 4.79 Å². The Morgan fingerprint density at radius 1 is 0.862 bits per heavy atom. The molecule has 1 N–H and O–H groups in total. The van der Waals surface area contributed by atoms with Crippen LogP contribution in [0.5, 0.6) is 0 Å². The summed E-state index contributed by atoms with van der Waals surface area (Å²) >= 11 is 0. The number of nitrogens with zero attached hydrogens (tertiary/aromatic N) is 2. The molecular formula is C25H19N3O. The molecule has 0 atom stereocenters. The number of para-hydroxylation sites is 2. The first-order chi connectivity index (χ1) is 14.2. The Labute approximate surface area is 168 Å². The Bertz CT molecular complexity index is 1310. The molecule has 140 valence electrons. The first-order valence-corrected chi connectivity index (χ1v) is 9.55. The van der Waals surface area contributed by atoms with E-state index in [1.165, 1.54) is 0 Å². The minimum atomic E-state index is -0.0836. The first kappa shape index (κ1) is 17.2. The smallest absolute Gasteiger partial charge is 0.279 e. The van der Waals surface area contributed by atoms with E-state index >= 15 is 0 Å². The van der Waals surface area contributed by atoms with Crippen molar-refractivity contribution < 1.29 is 0 Å². The summed E-state index contributed by atoms with van der Waals surface area (Å²) in [7, 11) is 0. The highest BCUT2D eigenvalue weighted by molar-refractivity contribution is 6.31. The van der Waals surface area contributed by atoms with Crippen molar-refractivity contribution in [1.82, 2.24) is 9.78 Å². The van der Waals surface area contributed by atoms with Gasteiger partial charge in [-0.15, -0.1) is 0 Å². The highest BCUT2D eigenvalue weighted by Gasteiger charge is 2.21. The molecule has 0 saturated heterocycles. The van der Waals surface area contributed by atoms with Gasteiger partial charge in [-0.2, -0.15) is 0 Å². The van der Waals surface area contributed by atoms with E-state index < -0.39 is 0 Å². The van der Waals surface area contributed by atoms with Gasteiger partial charge in [0.2, 0.25) is 0 Å². The van der Waals surface area contributed by atoms with Crippen LogP contribution in [0.2, 0.25) is 0 Å². The van der Waals surface area contributed by atoms with Crippen LogP contribution in [0, 0.1) is 0 Å². The maximum atomic E-state index is 13.4. The fraction of sp³-hybridized carbons (Fsp3) is 0.0400. The van der Waals surface area contributed by atoms with Crippen LogP contribution in [0.25, 0.3) is 28.6 Å². The maximum Gasteiger partial charge on any atom is 0.279 e. The van der Waals surface area contributed by atoms with Crippen LogP contribution in [-0.2, 0) is 0 Å². The highest BCUT2D eigenvalue weighted by Crippen LogP contribution is 2.36. The Hall–Kier alpha value is -3.92. The van der Waals surface area contributed by atoms with Gasteiger partial charge in [0.05, 0.1) is 22.6 Å². The minimum absolute atomic E-state index is 0.0836. The molecule has 0 spiro atoms. The lowest BCUT2D eigenvalue weighted by Crippen LogP contribution is -2.15. The first-order valence-electron chi connectivity index (χ1n) is 9.55. The predicted molar refractivity (Wildman–Crippen MR) is 119 cm³/mol. The normalized spacial score (nSPS) is 14.1. The zero-order valence-electron chi connectivity index (χ0n) is 16.0. The standard InChI is InChI=1S/C25H19N3O/c1-17-21(20-14-8-9-15-23(20)26-17)16-22-24(18-10-4-2-5-11-18)27-28(25(22)29)19-12-6-3-7-13-19/h2-16,27H,1H3/b21-16+. The maximum absolute atomic E-state index is 13.4. The fourth-order valence-corrected chi connectivity index (χ4v) is 3.73. The van der Waals surface area contributed by atoms with E-state index in [1.807, 2.05) is 97.9 Å². The lowest BCUT2D eigenvalue weighted by molar-refractivity contribution is 0.852. The van der Waals surface area contributed by atoms with Gasteiger partial charge in [0.1, 0.15) is 0 Å². The summed E-state index contributed by atoms with van der Waals surface area (Å²) in [6, 6.07) is 27.6. The van der Waals surface area contributed by atoms with Gasteiger partial charge in [-0.05, 0) is 31.2 Å². The molecule has 0 fully saturated rings. The van der Waals surface area contributed by atoms with Gasteiger partial charge in [-0.1, -0.05) is 66.7 Å². The monoisotopic (exact) mass is 377 g/mol. The van der Waals surface area contributed by atoms with Crippen molar-refractivity contribution in [2.24, 2.45) is 4.99 Å². The summed E-state index contributed by atoms with van der Waals surface area (Å²) in [5.41, 5.74) is 6.99. The van der Waals surface area contributed by atoms with Crippen molar-refractivity contribution in [1.29, 1.82) is 0 Å². The number of rotatable bonds is 3. The van der Waals surface area contributed by atoms with Crippen LogP contribution < -0.4 is 5.56 Å². The van der Waals surface area contributed by atoms with Crippen molar-refractivity contribution in [3.63, 3.8) is 0 Å². The summed E-state index contributed by atoms with van der Waals surface area (Å²) in [4.78, 5) is 18.1. The Balaban J connectivity index is 1.76. The zero-order chi connectivity index (χ0) is 19.8. The number of nitrogens with one attached hydrogen (secondary N) is 1. The quantitative estimate of drug-likeness (QED) is 0.505. The van der Waals surface area contributed by atoms with Gasteiger partial charge >= 0.3 is 0 Å². The number of aromatic amines is 1. The van der Waals surface area contributed by atoms with E-state index in [0.717, 1.165) is 39.5 Å². The molecule has 3 aromatic carbocycles. The van der Waals surface area contributed by atoms with Crippen LogP contribution in [0.4, 0.5) is 5.69 Å². The Morgan fingerprint density at radius 2 is 1.52 bits per heavy atom. The third kappa shape index (κ3) is 2.95. The van der Waals surface area contributed by atoms with Gasteiger partial charge in [-0.25, -0.2) is 4.68 Å². The van der Waals surface area contributed by atoms with Crippen molar-refractivity contribution >= 4 is 23.0 Å². The van der Waals surface area contributed by atoms with Crippen LogP contribution in [0.1, 0.15) is 18.1 Å². The molecule has 4 aromatic rings. The molecule has 29 heavy (non-hydrogen) atoms. The SMILES string of the molecule is CC1=Nc2ccccc2/C1=C/c1c(-c2ccccc2)[nH]n(-c2ccccc2)c1=O. The number of hydrogen-bond acceptors (Lipinski definition) is 2. The average molecular weight is 377 g/mol.